The van der Waals surface area contributed by atoms with Crippen molar-refractivity contribution in [3.8, 4) is 5.88 Å². The molecule has 3 aromatic rings. The highest BCUT2D eigenvalue weighted by molar-refractivity contribution is 5.89. The lowest BCUT2D eigenvalue weighted by Gasteiger charge is -2.35. The molecule has 1 saturated carbocycles. The van der Waals surface area contributed by atoms with Gasteiger partial charge in [-0.15, -0.1) is 0 Å². The van der Waals surface area contributed by atoms with Crippen LogP contribution < -0.4 is 15.4 Å². The summed E-state index contributed by atoms with van der Waals surface area (Å²) >= 11 is 0. The van der Waals surface area contributed by atoms with Crippen LogP contribution in [-0.4, -0.2) is 62.4 Å². The number of amides is 1. The molecule has 2 fully saturated rings. The number of fused-ring (bicyclic) bond motifs is 2. The van der Waals surface area contributed by atoms with Crippen molar-refractivity contribution in [2.75, 3.05) is 30.8 Å². The number of aromatic nitrogens is 4. The van der Waals surface area contributed by atoms with E-state index in [9.17, 15) is 4.79 Å². The maximum atomic E-state index is 12.1. The summed E-state index contributed by atoms with van der Waals surface area (Å²) in [7, 11) is 1.65. The van der Waals surface area contributed by atoms with Crippen LogP contribution in [0.25, 0.3) is 11.2 Å². The van der Waals surface area contributed by atoms with E-state index in [-0.39, 0.29) is 0 Å². The first-order valence-corrected chi connectivity index (χ1v) is 12.1. The number of ether oxygens (including phenoxy) is 1. The van der Waals surface area contributed by atoms with E-state index in [4.69, 9.17) is 14.7 Å². The third kappa shape index (κ3) is 3.74. The maximum absolute atomic E-state index is 12.1. The van der Waals surface area contributed by atoms with E-state index >= 15 is 0 Å². The van der Waals surface area contributed by atoms with Gasteiger partial charge < -0.3 is 24.7 Å². The number of hydrogen-bond donors (Lipinski definition) is 2. The molecule has 3 aromatic heterocycles. The zero-order valence-corrected chi connectivity index (χ0v) is 19.3. The number of pyridine rings is 1. The van der Waals surface area contributed by atoms with Crippen molar-refractivity contribution in [1.82, 2.24) is 24.3 Å². The maximum Gasteiger partial charge on any atom is 0.228 e. The van der Waals surface area contributed by atoms with Crippen molar-refractivity contribution in [1.29, 1.82) is 0 Å². The Bertz CT molecular complexity index is 1260. The molecular weight excluding hydrogens is 430 g/mol. The fourth-order valence-electron chi connectivity index (χ4n) is 5.49. The van der Waals surface area contributed by atoms with E-state index < -0.39 is 0 Å². The van der Waals surface area contributed by atoms with E-state index in [0.29, 0.717) is 42.8 Å². The Morgan fingerprint density at radius 3 is 2.85 bits per heavy atom. The summed E-state index contributed by atoms with van der Waals surface area (Å²) in [6.45, 7) is 1.60. The molecule has 0 bridgehead atoms. The number of carbonyl (C=O) groups excluding carboxylic acids is 1. The van der Waals surface area contributed by atoms with Gasteiger partial charge in [0.2, 0.25) is 17.7 Å². The summed E-state index contributed by atoms with van der Waals surface area (Å²) in [5, 5.41) is 6.91. The largest absolute Gasteiger partial charge is 0.480 e. The second kappa shape index (κ2) is 8.62. The standard InChI is InChI=1S/C25H29N7O2/c1-34-24-22-19(16-4-9-20-26-12-14-31(20)15-16)10-11-27-23(22)29-25(30-24)28-17-5-7-18(8-6-17)32-13-2-3-21(32)33/h4,9-10,12,14-15,17-18H,2-3,5-8,11,13H2,1H3,(H2,27,28,29,30). The highest BCUT2D eigenvalue weighted by Gasteiger charge is 2.32. The zero-order chi connectivity index (χ0) is 23.1. The summed E-state index contributed by atoms with van der Waals surface area (Å²) in [6.07, 6.45) is 13.7. The summed E-state index contributed by atoms with van der Waals surface area (Å²) < 4.78 is 7.73. The normalized spacial score (nSPS) is 22.3. The second-order valence-electron chi connectivity index (χ2n) is 9.23. The van der Waals surface area contributed by atoms with E-state index in [1.807, 2.05) is 16.7 Å². The SMILES string of the molecule is COc1nc(NC2CCC(N3CCCC3=O)CC2)nc2c1C(c1ccc3nccn3c1)=CCN2. The van der Waals surface area contributed by atoms with Gasteiger partial charge in [-0.05, 0) is 55.4 Å². The molecule has 5 heterocycles. The molecule has 2 N–H and O–H groups in total. The van der Waals surface area contributed by atoms with E-state index in [2.05, 4.69) is 38.9 Å². The first kappa shape index (κ1) is 20.9. The van der Waals surface area contributed by atoms with E-state index in [1.54, 1.807) is 13.3 Å². The number of likely N-dealkylation sites (tertiary alicyclic amines) is 1. The molecule has 176 valence electrons. The predicted octanol–water partition coefficient (Wildman–Crippen LogP) is 3.34. The summed E-state index contributed by atoms with van der Waals surface area (Å²) in [5.41, 5.74) is 3.88. The van der Waals surface area contributed by atoms with E-state index in [0.717, 1.165) is 66.8 Å². The summed E-state index contributed by atoms with van der Waals surface area (Å²) in [6, 6.07) is 4.75. The molecular formula is C25H29N7O2. The van der Waals surface area contributed by atoms with Gasteiger partial charge in [0.15, 0.2) is 0 Å². The van der Waals surface area contributed by atoms with Crippen molar-refractivity contribution in [3.05, 3.63) is 47.9 Å². The number of rotatable bonds is 5. The molecule has 0 atom stereocenters. The molecule has 1 saturated heterocycles. The molecule has 9 heteroatoms. The Balaban J connectivity index is 1.22. The van der Waals surface area contributed by atoms with Crippen molar-refractivity contribution in [2.24, 2.45) is 0 Å². The van der Waals surface area contributed by atoms with Crippen molar-refractivity contribution >= 4 is 28.9 Å². The quantitative estimate of drug-likeness (QED) is 0.604. The monoisotopic (exact) mass is 459 g/mol. The van der Waals surface area contributed by atoms with Crippen molar-refractivity contribution in [2.45, 2.75) is 50.6 Å². The van der Waals surface area contributed by atoms with Gasteiger partial charge in [-0.25, -0.2) is 4.98 Å². The lowest BCUT2D eigenvalue weighted by atomic mass is 9.90. The molecule has 2 aliphatic heterocycles. The van der Waals surface area contributed by atoms with Crippen LogP contribution in [0, 0.1) is 0 Å². The number of methoxy groups -OCH3 is 1. The smallest absolute Gasteiger partial charge is 0.228 e. The second-order valence-corrected chi connectivity index (χ2v) is 9.23. The van der Waals surface area contributed by atoms with Crippen LogP contribution in [0.1, 0.15) is 49.7 Å². The van der Waals surface area contributed by atoms with Gasteiger partial charge in [0.05, 0.1) is 12.7 Å². The molecule has 6 rings (SSSR count). The molecule has 1 aliphatic carbocycles. The Labute approximate surface area is 198 Å². The molecule has 1 amide bonds. The third-order valence-corrected chi connectivity index (χ3v) is 7.19. The number of anilines is 2. The van der Waals surface area contributed by atoms with Gasteiger partial charge in [-0.2, -0.15) is 9.97 Å². The molecule has 0 unspecified atom stereocenters. The van der Waals surface area contributed by atoms with Crippen LogP contribution in [0.2, 0.25) is 0 Å². The van der Waals surface area contributed by atoms with Gasteiger partial charge in [0.25, 0.3) is 0 Å². The van der Waals surface area contributed by atoms with Crippen LogP contribution in [-0.2, 0) is 4.79 Å². The number of imidazole rings is 1. The van der Waals surface area contributed by atoms with Crippen LogP contribution in [0.5, 0.6) is 5.88 Å². The molecule has 34 heavy (non-hydrogen) atoms. The van der Waals surface area contributed by atoms with Gasteiger partial charge >= 0.3 is 0 Å². The molecule has 0 spiro atoms. The van der Waals surface area contributed by atoms with E-state index in [1.165, 1.54) is 0 Å². The lowest BCUT2D eigenvalue weighted by Crippen LogP contribution is -2.41. The predicted molar refractivity (Wildman–Crippen MR) is 130 cm³/mol. The average molecular weight is 460 g/mol. The first-order valence-electron chi connectivity index (χ1n) is 12.1. The Kier molecular flexibility index (Phi) is 5.31. The topological polar surface area (TPSA) is 96.7 Å². The molecule has 3 aliphatic rings. The minimum atomic E-state index is 0.291. The number of hydrogen-bond acceptors (Lipinski definition) is 7. The van der Waals surface area contributed by atoms with Crippen molar-refractivity contribution in [3.63, 3.8) is 0 Å². The summed E-state index contributed by atoms with van der Waals surface area (Å²) in [5.74, 6) is 2.22. The van der Waals surface area contributed by atoms with Gasteiger partial charge in [0.1, 0.15) is 11.5 Å². The number of nitrogens with one attached hydrogen (secondary N) is 2. The first-order chi connectivity index (χ1) is 16.7. The van der Waals surface area contributed by atoms with Crippen LogP contribution >= 0.6 is 0 Å². The fourth-order valence-corrected chi connectivity index (χ4v) is 5.49. The van der Waals surface area contributed by atoms with Crippen LogP contribution in [0.4, 0.5) is 11.8 Å². The molecule has 0 radical (unpaired) electrons. The van der Waals surface area contributed by atoms with Crippen molar-refractivity contribution < 1.29 is 9.53 Å². The summed E-state index contributed by atoms with van der Waals surface area (Å²) in [4.78, 5) is 28.1. The van der Waals surface area contributed by atoms with Crippen LogP contribution in [0.15, 0.2) is 36.8 Å². The lowest BCUT2D eigenvalue weighted by molar-refractivity contribution is -0.130. The zero-order valence-electron chi connectivity index (χ0n) is 19.3. The van der Waals surface area contributed by atoms with Crippen LogP contribution in [0.3, 0.4) is 0 Å². The minimum Gasteiger partial charge on any atom is -0.480 e. The fraction of sp³-hybridized carbons (Fsp3) is 0.440. The minimum absolute atomic E-state index is 0.291. The molecule has 9 nitrogen and oxygen atoms in total. The third-order valence-electron chi connectivity index (χ3n) is 7.19. The average Bonchev–Trinajstić information content (AvgIpc) is 3.52. The van der Waals surface area contributed by atoms with Gasteiger partial charge in [-0.1, -0.05) is 6.08 Å². The Hall–Kier alpha value is -3.62. The van der Waals surface area contributed by atoms with Gasteiger partial charge in [0, 0.05) is 50.2 Å². The molecule has 0 aromatic carbocycles. The number of carbonyl (C=O) groups is 1. The number of nitrogens with zero attached hydrogens (tertiary/aromatic N) is 5. The Morgan fingerprint density at radius 2 is 2.06 bits per heavy atom. The Morgan fingerprint density at radius 1 is 1.18 bits per heavy atom. The highest BCUT2D eigenvalue weighted by atomic mass is 16.5. The highest BCUT2D eigenvalue weighted by Crippen LogP contribution is 2.38. The van der Waals surface area contributed by atoms with Gasteiger partial charge in [-0.3, -0.25) is 4.79 Å².